The maximum Gasteiger partial charge on any atom is 0.234 e. The van der Waals surface area contributed by atoms with E-state index in [4.69, 9.17) is 0 Å². The molecular formula is C20H31N3O2. The van der Waals surface area contributed by atoms with Crippen molar-refractivity contribution in [1.82, 2.24) is 10.3 Å². The highest BCUT2D eigenvalue weighted by molar-refractivity contribution is 6.00. The Balaban J connectivity index is 0.00000109. The van der Waals surface area contributed by atoms with Gasteiger partial charge in [-0.3, -0.25) is 19.9 Å². The van der Waals surface area contributed by atoms with Crippen molar-refractivity contribution in [1.29, 1.82) is 0 Å². The molecule has 0 spiro atoms. The Labute approximate surface area is 151 Å². The molecule has 2 saturated heterocycles. The molecule has 1 unspecified atom stereocenters. The summed E-state index contributed by atoms with van der Waals surface area (Å²) >= 11 is 0. The molecule has 2 aliphatic heterocycles. The highest BCUT2D eigenvalue weighted by Crippen LogP contribution is 2.29. The van der Waals surface area contributed by atoms with Crippen LogP contribution in [0.5, 0.6) is 0 Å². The molecule has 2 fully saturated rings. The third-order valence-corrected chi connectivity index (χ3v) is 5.06. The van der Waals surface area contributed by atoms with Crippen LogP contribution in [0.2, 0.25) is 0 Å². The fraction of sp³-hybridized carbons (Fsp3) is 0.650. The molecule has 1 aromatic rings. The summed E-state index contributed by atoms with van der Waals surface area (Å²) in [5, 5.41) is 2.43. The van der Waals surface area contributed by atoms with Gasteiger partial charge in [0.1, 0.15) is 0 Å². The number of piperidine rings is 2. The van der Waals surface area contributed by atoms with Crippen molar-refractivity contribution < 1.29 is 9.59 Å². The first kappa shape index (κ1) is 19.4. The highest BCUT2D eigenvalue weighted by atomic mass is 16.2. The van der Waals surface area contributed by atoms with Crippen LogP contribution in [0.15, 0.2) is 18.5 Å². The van der Waals surface area contributed by atoms with Gasteiger partial charge in [0.15, 0.2) is 0 Å². The first-order chi connectivity index (χ1) is 12.2. The highest BCUT2D eigenvalue weighted by Gasteiger charge is 2.29. The second-order valence-corrected chi connectivity index (χ2v) is 6.70. The Bertz CT molecular complexity index is 580. The van der Waals surface area contributed by atoms with Gasteiger partial charge in [-0.1, -0.05) is 33.6 Å². The zero-order valence-corrected chi connectivity index (χ0v) is 15.8. The number of amides is 2. The van der Waals surface area contributed by atoms with Crippen molar-refractivity contribution in [3.05, 3.63) is 24.0 Å². The summed E-state index contributed by atoms with van der Waals surface area (Å²) in [6.45, 7) is 8.37. The number of aromatic nitrogens is 1. The molecule has 0 radical (unpaired) electrons. The third kappa shape index (κ3) is 5.03. The number of pyridine rings is 1. The molecule has 2 aliphatic rings. The van der Waals surface area contributed by atoms with Crippen LogP contribution in [0.4, 0.5) is 5.69 Å². The minimum absolute atomic E-state index is 0.173. The van der Waals surface area contributed by atoms with Gasteiger partial charge in [-0.05, 0) is 36.8 Å². The summed E-state index contributed by atoms with van der Waals surface area (Å²) in [7, 11) is 0. The minimum Gasteiger partial charge on any atom is -0.370 e. The third-order valence-electron chi connectivity index (χ3n) is 5.06. The zero-order chi connectivity index (χ0) is 18.2. The van der Waals surface area contributed by atoms with Crippen LogP contribution in [0.1, 0.15) is 70.8 Å². The number of hydrogen-bond acceptors (Lipinski definition) is 4. The quantitative estimate of drug-likeness (QED) is 0.846. The maximum atomic E-state index is 12.0. The normalized spacial score (nSPS) is 21.4. The molecule has 5 heteroatoms. The van der Waals surface area contributed by atoms with Gasteiger partial charge in [-0.2, -0.15) is 0 Å². The van der Waals surface area contributed by atoms with E-state index in [-0.39, 0.29) is 17.7 Å². The van der Waals surface area contributed by atoms with Crippen molar-refractivity contribution >= 4 is 17.5 Å². The van der Waals surface area contributed by atoms with Crippen LogP contribution in [-0.4, -0.2) is 29.9 Å². The number of carbonyl (C=O) groups is 2. The van der Waals surface area contributed by atoms with E-state index in [2.05, 4.69) is 28.2 Å². The van der Waals surface area contributed by atoms with E-state index in [0.717, 1.165) is 30.3 Å². The second kappa shape index (κ2) is 9.54. The zero-order valence-electron chi connectivity index (χ0n) is 15.8. The first-order valence-corrected chi connectivity index (χ1v) is 9.71. The molecule has 1 N–H and O–H groups in total. The average molecular weight is 345 g/mol. The SMILES string of the molecule is CC.CCCC1CCN(c2cncc(C3CCC(=O)NC3=O)c2)CC1. The van der Waals surface area contributed by atoms with Crippen molar-refractivity contribution in [2.24, 2.45) is 5.92 Å². The molecule has 2 amide bonds. The lowest BCUT2D eigenvalue weighted by molar-refractivity contribution is -0.134. The van der Waals surface area contributed by atoms with E-state index < -0.39 is 0 Å². The Hall–Kier alpha value is -1.91. The average Bonchev–Trinajstić information content (AvgIpc) is 2.64. The molecule has 0 bridgehead atoms. The van der Waals surface area contributed by atoms with Crippen LogP contribution in [-0.2, 0) is 9.59 Å². The minimum atomic E-state index is -0.252. The predicted molar refractivity (Wildman–Crippen MR) is 101 cm³/mol. The molecule has 0 aromatic carbocycles. The number of anilines is 1. The molecule has 1 atom stereocenters. The molecule has 5 nitrogen and oxygen atoms in total. The van der Waals surface area contributed by atoms with Crippen molar-refractivity contribution in [3.8, 4) is 0 Å². The van der Waals surface area contributed by atoms with Gasteiger partial charge in [0.2, 0.25) is 11.8 Å². The predicted octanol–water partition coefficient (Wildman–Crippen LogP) is 3.64. The summed E-state index contributed by atoms with van der Waals surface area (Å²) in [6.07, 6.45) is 9.67. The standard InChI is InChI=1S/C18H25N3O2.C2H6/c1-2-3-13-6-8-21(9-7-13)15-10-14(11-19-12-15)16-4-5-17(22)20-18(16)23;1-2/h10-13,16H,2-9H2,1H3,(H,20,22,23);1-2H3. The lowest BCUT2D eigenvalue weighted by Gasteiger charge is -2.33. The number of nitrogens with one attached hydrogen (secondary N) is 1. The fourth-order valence-corrected chi connectivity index (χ4v) is 3.71. The van der Waals surface area contributed by atoms with Gasteiger partial charge >= 0.3 is 0 Å². The van der Waals surface area contributed by atoms with E-state index in [1.807, 2.05) is 20.0 Å². The van der Waals surface area contributed by atoms with E-state index in [1.165, 1.54) is 25.7 Å². The monoisotopic (exact) mass is 345 g/mol. The Morgan fingerprint density at radius 1 is 1.16 bits per heavy atom. The lowest BCUT2D eigenvalue weighted by atomic mass is 9.90. The van der Waals surface area contributed by atoms with Crippen LogP contribution in [0.3, 0.4) is 0 Å². The second-order valence-electron chi connectivity index (χ2n) is 6.70. The summed E-state index contributed by atoms with van der Waals surface area (Å²) in [5.74, 6) is 0.232. The van der Waals surface area contributed by atoms with Gasteiger partial charge in [-0.15, -0.1) is 0 Å². The topological polar surface area (TPSA) is 62.3 Å². The molecule has 25 heavy (non-hydrogen) atoms. The van der Waals surface area contributed by atoms with Gasteiger partial charge in [0, 0.05) is 25.7 Å². The maximum absolute atomic E-state index is 12.0. The number of hydrogen-bond donors (Lipinski definition) is 1. The molecule has 3 heterocycles. The smallest absolute Gasteiger partial charge is 0.234 e. The summed E-state index contributed by atoms with van der Waals surface area (Å²) in [4.78, 5) is 30.0. The van der Waals surface area contributed by atoms with Crippen molar-refractivity contribution in [2.75, 3.05) is 18.0 Å². The summed E-state index contributed by atoms with van der Waals surface area (Å²) in [5.41, 5.74) is 2.02. The van der Waals surface area contributed by atoms with Crippen LogP contribution < -0.4 is 10.2 Å². The van der Waals surface area contributed by atoms with E-state index >= 15 is 0 Å². The van der Waals surface area contributed by atoms with E-state index in [0.29, 0.717) is 12.8 Å². The molecule has 0 aliphatic carbocycles. The number of imide groups is 1. The largest absolute Gasteiger partial charge is 0.370 e. The van der Waals surface area contributed by atoms with Crippen molar-refractivity contribution in [3.63, 3.8) is 0 Å². The molecule has 1 aromatic heterocycles. The van der Waals surface area contributed by atoms with Gasteiger partial charge in [-0.25, -0.2) is 0 Å². The first-order valence-electron chi connectivity index (χ1n) is 9.71. The molecular weight excluding hydrogens is 314 g/mol. The Morgan fingerprint density at radius 3 is 2.52 bits per heavy atom. The van der Waals surface area contributed by atoms with E-state index in [9.17, 15) is 9.59 Å². The Morgan fingerprint density at radius 2 is 1.88 bits per heavy atom. The van der Waals surface area contributed by atoms with E-state index in [1.54, 1.807) is 6.20 Å². The molecule has 3 rings (SSSR count). The number of nitrogens with zero attached hydrogens (tertiary/aromatic N) is 2. The molecule has 138 valence electrons. The van der Waals surface area contributed by atoms with Gasteiger partial charge < -0.3 is 4.90 Å². The van der Waals surface area contributed by atoms with Crippen LogP contribution in [0, 0.1) is 5.92 Å². The molecule has 0 saturated carbocycles. The lowest BCUT2D eigenvalue weighted by Crippen LogP contribution is -2.39. The van der Waals surface area contributed by atoms with Gasteiger partial charge in [0.25, 0.3) is 0 Å². The summed E-state index contributed by atoms with van der Waals surface area (Å²) < 4.78 is 0. The van der Waals surface area contributed by atoms with Crippen LogP contribution in [0.25, 0.3) is 0 Å². The van der Waals surface area contributed by atoms with Gasteiger partial charge in [0.05, 0.1) is 17.8 Å². The van der Waals surface area contributed by atoms with Crippen LogP contribution >= 0.6 is 0 Å². The van der Waals surface area contributed by atoms with Crippen molar-refractivity contribution in [2.45, 2.75) is 65.2 Å². The fourth-order valence-electron chi connectivity index (χ4n) is 3.71. The summed E-state index contributed by atoms with van der Waals surface area (Å²) in [6, 6.07) is 2.08. The Kier molecular flexibility index (Phi) is 7.41. The number of carbonyl (C=O) groups excluding carboxylic acids is 2. The number of rotatable bonds is 4.